The first-order chi connectivity index (χ1) is 7.95. The standard InChI is InChI=1S/C10H9Cl2NO4/c1-16-9-6(11)2-5(3-7(9)12)10(15)17-4-8(13)14/h2-3H,4H2,1H3,(H2,13,14). The van der Waals surface area contributed by atoms with Crippen molar-refractivity contribution < 1.29 is 19.1 Å². The van der Waals surface area contributed by atoms with E-state index in [0.717, 1.165) is 0 Å². The Labute approximate surface area is 107 Å². The zero-order chi connectivity index (χ0) is 13.0. The summed E-state index contributed by atoms with van der Waals surface area (Å²) in [6, 6.07) is 2.66. The third kappa shape index (κ3) is 3.51. The molecule has 0 aliphatic rings. The van der Waals surface area contributed by atoms with Crippen LogP contribution in [0.4, 0.5) is 0 Å². The van der Waals surface area contributed by atoms with Gasteiger partial charge >= 0.3 is 5.97 Å². The Morgan fingerprint density at radius 1 is 1.29 bits per heavy atom. The van der Waals surface area contributed by atoms with Crippen LogP contribution in [0, 0.1) is 0 Å². The van der Waals surface area contributed by atoms with E-state index >= 15 is 0 Å². The monoisotopic (exact) mass is 277 g/mol. The Morgan fingerprint density at radius 2 is 1.82 bits per heavy atom. The number of nitrogens with two attached hydrogens (primary N) is 1. The summed E-state index contributed by atoms with van der Waals surface area (Å²) in [5.74, 6) is -1.22. The normalized spacial score (nSPS) is 9.82. The molecule has 1 aromatic rings. The lowest BCUT2D eigenvalue weighted by Crippen LogP contribution is -2.20. The van der Waals surface area contributed by atoms with Gasteiger partial charge in [-0.05, 0) is 12.1 Å². The Balaban J connectivity index is 2.92. The molecule has 0 saturated heterocycles. The highest BCUT2D eigenvalue weighted by molar-refractivity contribution is 6.37. The maximum Gasteiger partial charge on any atom is 0.338 e. The number of hydrogen-bond acceptors (Lipinski definition) is 4. The highest BCUT2D eigenvalue weighted by Gasteiger charge is 2.15. The van der Waals surface area contributed by atoms with Crippen molar-refractivity contribution >= 4 is 35.1 Å². The third-order valence-electron chi connectivity index (χ3n) is 1.78. The molecular formula is C10H9Cl2NO4. The average Bonchev–Trinajstić information content (AvgIpc) is 2.25. The molecule has 0 spiro atoms. The molecule has 0 radical (unpaired) electrons. The smallest absolute Gasteiger partial charge is 0.338 e. The molecule has 0 aliphatic heterocycles. The van der Waals surface area contributed by atoms with Gasteiger partial charge in [0, 0.05) is 0 Å². The summed E-state index contributed by atoms with van der Waals surface area (Å²) >= 11 is 11.7. The van der Waals surface area contributed by atoms with Crippen LogP contribution in [0.5, 0.6) is 5.75 Å². The first-order valence-electron chi connectivity index (χ1n) is 4.44. The number of ether oxygens (including phenoxy) is 2. The number of carbonyl (C=O) groups is 2. The number of amides is 1. The first-order valence-corrected chi connectivity index (χ1v) is 5.19. The summed E-state index contributed by atoms with van der Waals surface area (Å²) in [5, 5.41) is 0.344. The maximum atomic E-state index is 11.5. The molecule has 92 valence electrons. The fourth-order valence-electron chi connectivity index (χ4n) is 1.09. The number of carbonyl (C=O) groups excluding carboxylic acids is 2. The molecule has 0 heterocycles. The molecule has 0 aliphatic carbocycles. The lowest BCUT2D eigenvalue weighted by atomic mass is 10.2. The fourth-order valence-corrected chi connectivity index (χ4v) is 1.73. The van der Waals surface area contributed by atoms with E-state index in [-0.39, 0.29) is 21.4 Å². The fraction of sp³-hybridized carbons (Fsp3) is 0.200. The van der Waals surface area contributed by atoms with E-state index in [2.05, 4.69) is 4.74 Å². The third-order valence-corrected chi connectivity index (χ3v) is 2.35. The van der Waals surface area contributed by atoms with Gasteiger partial charge in [-0.1, -0.05) is 23.2 Å². The molecule has 1 rings (SSSR count). The van der Waals surface area contributed by atoms with Gasteiger partial charge in [0.15, 0.2) is 12.4 Å². The molecule has 7 heteroatoms. The van der Waals surface area contributed by atoms with E-state index in [9.17, 15) is 9.59 Å². The Morgan fingerprint density at radius 3 is 2.24 bits per heavy atom. The first kappa shape index (κ1) is 13.6. The van der Waals surface area contributed by atoms with E-state index in [4.69, 9.17) is 33.7 Å². The minimum atomic E-state index is -0.746. The quantitative estimate of drug-likeness (QED) is 0.849. The highest BCUT2D eigenvalue weighted by atomic mass is 35.5. The number of esters is 1. The number of hydrogen-bond donors (Lipinski definition) is 1. The minimum Gasteiger partial charge on any atom is -0.494 e. The van der Waals surface area contributed by atoms with Gasteiger partial charge in [0.2, 0.25) is 0 Å². The number of rotatable bonds is 4. The maximum absolute atomic E-state index is 11.5. The van der Waals surface area contributed by atoms with E-state index in [1.807, 2.05) is 0 Å². The molecule has 0 saturated carbocycles. The summed E-state index contributed by atoms with van der Waals surface area (Å²) in [4.78, 5) is 21.9. The summed E-state index contributed by atoms with van der Waals surface area (Å²) in [6.45, 7) is -0.500. The van der Waals surface area contributed by atoms with Crippen LogP contribution in [0.1, 0.15) is 10.4 Å². The highest BCUT2D eigenvalue weighted by Crippen LogP contribution is 2.33. The SMILES string of the molecule is COc1c(Cl)cc(C(=O)OCC(N)=O)cc1Cl. The van der Waals surface area contributed by atoms with Crippen molar-refractivity contribution in [3.8, 4) is 5.75 Å². The van der Waals surface area contributed by atoms with Gasteiger partial charge in [-0.3, -0.25) is 4.79 Å². The Bertz CT molecular complexity index is 439. The predicted octanol–water partition coefficient (Wildman–Crippen LogP) is 1.64. The van der Waals surface area contributed by atoms with E-state index < -0.39 is 18.5 Å². The zero-order valence-electron chi connectivity index (χ0n) is 8.83. The van der Waals surface area contributed by atoms with E-state index in [1.165, 1.54) is 19.2 Å². The van der Waals surface area contributed by atoms with E-state index in [0.29, 0.717) is 0 Å². The lowest BCUT2D eigenvalue weighted by Gasteiger charge is -2.08. The Kier molecular flexibility index (Phi) is 4.60. The van der Waals surface area contributed by atoms with Crippen LogP contribution in [0.25, 0.3) is 0 Å². The van der Waals surface area contributed by atoms with Gasteiger partial charge in [-0.15, -0.1) is 0 Å². The topological polar surface area (TPSA) is 78.6 Å². The average molecular weight is 278 g/mol. The van der Waals surface area contributed by atoms with Gasteiger partial charge in [0.1, 0.15) is 0 Å². The molecule has 0 atom stereocenters. The molecule has 0 fully saturated rings. The molecule has 1 amide bonds. The second-order valence-corrected chi connectivity index (χ2v) is 3.83. The van der Waals surface area contributed by atoms with Crippen molar-refractivity contribution in [2.24, 2.45) is 5.73 Å². The van der Waals surface area contributed by atoms with Crippen molar-refractivity contribution in [1.29, 1.82) is 0 Å². The summed E-state index contributed by atoms with van der Waals surface area (Å²) in [5.41, 5.74) is 4.95. The van der Waals surface area contributed by atoms with Gasteiger partial charge < -0.3 is 15.2 Å². The molecule has 0 aromatic heterocycles. The Hall–Kier alpha value is -1.46. The largest absolute Gasteiger partial charge is 0.494 e. The number of halogens is 2. The van der Waals surface area contributed by atoms with Crippen molar-refractivity contribution in [1.82, 2.24) is 0 Å². The van der Waals surface area contributed by atoms with Crippen LogP contribution >= 0.6 is 23.2 Å². The molecular weight excluding hydrogens is 269 g/mol. The second-order valence-electron chi connectivity index (χ2n) is 3.02. The van der Waals surface area contributed by atoms with Crippen LogP contribution in [-0.2, 0) is 9.53 Å². The van der Waals surface area contributed by atoms with Crippen molar-refractivity contribution in [2.75, 3.05) is 13.7 Å². The summed E-state index contributed by atoms with van der Waals surface area (Å²) in [6.07, 6.45) is 0. The second kappa shape index (κ2) is 5.75. The molecule has 0 unspecified atom stereocenters. The molecule has 17 heavy (non-hydrogen) atoms. The van der Waals surface area contributed by atoms with Gasteiger partial charge in [-0.25, -0.2) is 4.79 Å². The predicted molar refractivity (Wildman–Crippen MR) is 62.5 cm³/mol. The summed E-state index contributed by atoms with van der Waals surface area (Å²) in [7, 11) is 1.40. The number of primary amides is 1. The van der Waals surface area contributed by atoms with Crippen molar-refractivity contribution in [3.05, 3.63) is 27.7 Å². The van der Waals surface area contributed by atoms with Gasteiger partial charge in [0.25, 0.3) is 5.91 Å². The molecule has 2 N–H and O–H groups in total. The minimum absolute atomic E-state index is 0.113. The van der Waals surface area contributed by atoms with Gasteiger partial charge in [-0.2, -0.15) is 0 Å². The van der Waals surface area contributed by atoms with Crippen LogP contribution in [0.3, 0.4) is 0 Å². The lowest BCUT2D eigenvalue weighted by molar-refractivity contribution is -0.121. The molecule has 5 nitrogen and oxygen atoms in total. The number of methoxy groups -OCH3 is 1. The van der Waals surface area contributed by atoms with Crippen LogP contribution in [0.2, 0.25) is 10.0 Å². The van der Waals surface area contributed by atoms with Crippen molar-refractivity contribution in [2.45, 2.75) is 0 Å². The van der Waals surface area contributed by atoms with Crippen LogP contribution < -0.4 is 10.5 Å². The summed E-state index contributed by atoms with van der Waals surface area (Å²) < 4.78 is 9.52. The van der Waals surface area contributed by atoms with Gasteiger partial charge in [0.05, 0.1) is 22.7 Å². The van der Waals surface area contributed by atoms with Crippen molar-refractivity contribution in [3.63, 3.8) is 0 Å². The zero-order valence-corrected chi connectivity index (χ0v) is 10.3. The molecule has 0 bridgehead atoms. The van der Waals surface area contributed by atoms with Crippen LogP contribution in [0.15, 0.2) is 12.1 Å². The van der Waals surface area contributed by atoms with Crippen LogP contribution in [-0.4, -0.2) is 25.6 Å². The molecule has 1 aromatic carbocycles. The number of benzene rings is 1. The van der Waals surface area contributed by atoms with E-state index in [1.54, 1.807) is 0 Å².